The molecule has 8 nitrogen and oxygen atoms in total. The average Bonchev–Trinajstić information content (AvgIpc) is 3.58. The maximum atomic E-state index is 13.3. The third-order valence-electron chi connectivity index (χ3n) is 5.24. The molecule has 12 heteroatoms. The molecule has 0 aliphatic carbocycles. The molecule has 0 aliphatic rings. The zero-order valence-electron chi connectivity index (χ0n) is 19.3. The predicted molar refractivity (Wildman–Crippen MR) is 129 cm³/mol. The largest absolute Gasteiger partial charge is 0.465 e. The summed E-state index contributed by atoms with van der Waals surface area (Å²) >= 11 is 1.27. The minimum Gasteiger partial charge on any atom is -0.465 e. The van der Waals surface area contributed by atoms with Gasteiger partial charge >= 0.3 is 18.1 Å². The van der Waals surface area contributed by atoms with E-state index in [9.17, 15) is 27.6 Å². The lowest BCUT2D eigenvalue weighted by atomic mass is 10.1. The van der Waals surface area contributed by atoms with Crippen LogP contribution in [0.25, 0.3) is 16.3 Å². The highest BCUT2D eigenvalue weighted by molar-refractivity contribution is 7.13. The van der Waals surface area contributed by atoms with Gasteiger partial charge in [0.15, 0.2) is 5.69 Å². The molecule has 1 N–H and O–H groups in total. The number of rotatable bonds is 6. The van der Waals surface area contributed by atoms with Crippen LogP contribution in [0, 0.1) is 0 Å². The molecule has 0 saturated heterocycles. The number of anilines is 1. The topological polar surface area (TPSA) is 99.5 Å². The first-order valence-electron chi connectivity index (χ1n) is 10.6. The van der Waals surface area contributed by atoms with E-state index in [4.69, 9.17) is 4.74 Å². The Kier molecular flexibility index (Phi) is 7.11. The lowest BCUT2D eigenvalue weighted by Crippen LogP contribution is -2.16. The number of esters is 2. The highest BCUT2D eigenvalue weighted by Gasteiger charge is 2.35. The molecule has 1 amide bonds. The summed E-state index contributed by atoms with van der Waals surface area (Å²) in [5.41, 5.74) is -0.216. The number of hydrogen-bond donors (Lipinski definition) is 1. The van der Waals surface area contributed by atoms with Crippen molar-refractivity contribution < 1.29 is 37.0 Å². The summed E-state index contributed by atoms with van der Waals surface area (Å²) in [6, 6.07) is 14.0. The highest BCUT2D eigenvalue weighted by atomic mass is 32.1. The Morgan fingerprint density at radius 2 is 1.59 bits per heavy atom. The van der Waals surface area contributed by atoms with Gasteiger partial charge in [-0.3, -0.25) is 4.79 Å². The van der Waals surface area contributed by atoms with E-state index < -0.39 is 29.7 Å². The summed E-state index contributed by atoms with van der Waals surface area (Å²) in [7, 11) is 2.36. The molecule has 0 bridgehead atoms. The Morgan fingerprint density at radius 3 is 2.19 bits per heavy atom. The van der Waals surface area contributed by atoms with Crippen LogP contribution in [0.4, 0.5) is 18.9 Å². The van der Waals surface area contributed by atoms with Crippen LogP contribution >= 0.6 is 11.3 Å². The molecule has 0 fully saturated rings. The first-order chi connectivity index (χ1) is 17.6. The van der Waals surface area contributed by atoms with Gasteiger partial charge in [0.1, 0.15) is 0 Å². The molecule has 0 unspecified atom stereocenters. The van der Waals surface area contributed by atoms with Gasteiger partial charge in [-0.1, -0.05) is 6.07 Å². The van der Waals surface area contributed by atoms with Crippen LogP contribution in [0.5, 0.6) is 0 Å². The monoisotopic (exact) mass is 529 g/mol. The molecule has 4 aromatic rings. The molecule has 37 heavy (non-hydrogen) atoms. The Hall–Kier alpha value is -4.45. The van der Waals surface area contributed by atoms with Crippen LogP contribution in [-0.4, -0.2) is 41.8 Å². The molecule has 0 saturated carbocycles. The van der Waals surface area contributed by atoms with Gasteiger partial charge in [-0.05, 0) is 60.0 Å². The number of benzene rings is 2. The van der Waals surface area contributed by atoms with Crippen molar-refractivity contribution in [3.8, 4) is 16.3 Å². The minimum absolute atomic E-state index is 0.0111. The molecule has 0 radical (unpaired) electrons. The Balaban J connectivity index is 1.65. The number of halogens is 3. The Labute approximate surface area is 212 Å². The summed E-state index contributed by atoms with van der Waals surface area (Å²) < 4.78 is 50.6. The number of thiophene rings is 1. The summed E-state index contributed by atoms with van der Waals surface area (Å²) in [5, 5.41) is 8.03. The molecular weight excluding hydrogens is 511 g/mol. The van der Waals surface area contributed by atoms with E-state index >= 15 is 0 Å². The summed E-state index contributed by atoms with van der Waals surface area (Å²) in [4.78, 5) is 37.5. The number of alkyl halides is 3. The number of amides is 1. The maximum absolute atomic E-state index is 13.3. The quantitative estimate of drug-likeness (QED) is 0.334. The van der Waals surface area contributed by atoms with Gasteiger partial charge in [0.2, 0.25) is 0 Å². The predicted octanol–water partition coefficient (Wildman–Crippen LogP) is 5.45. The van der Waals surface area contributed by atoms with Gasteiger partial charge in [0.05, 0.1) is 47.3 Å². The number of carbonyl (C=O) groups excluding carboxylic acids is 3. The van der Waals surface area contributed by atoms with E-state index in [0.717, 1.165) is 10.7 Å². The maximum Gasteiger partial charge on any atom is 0.435 e. The van der Waals surface area contributed by atoms with Gasteiger partial charge in [-0.2, -0.15) is 18.3 Å². The molecule has 2 aromatic carbocycles. The summed E-state index contributed by atoms with van der Waals surface area (Å²) in [6.45, 7) is 0. The zero-order valence-corrected chi connectivity index (χ0v) is 20.1. The number of nitrogens with zero attached hydrogens (tertiary/aromatic N) is 2. The molecule has 0 atom stereocenters. The number of hydrogen-bond acceptors (Lipinski definition) is 7. The van der Waals surface area contributed by atoms with E-state index in [1.807, 2.05) is 0 Å². The fraction of sp³-hybridized carbons (Fsp3) is 0.120. The van der Waals surface area contributed by atoms with Crippen molar-refractivity contribution in [2.75, 3.05) is 19.5 Å². The van der Waals surface area contributed by atoms with Gasteiger partial charge in [-0.15, -0.1) is 11.3 Å². The van der Waals surface area contributed by atoms with Crippen LogP contribution in [0.2, 0.25) is 0 Å². The normalized spacial score (nSPS) is 11.2. The van der Waals surface area contributed by atoms with Crippen molar-refractivity contribution in [1.82, 2.24) is 9.78 Å². The third-order valence-corrected chi connectivity index (χ3v) is 6.13. The smallest absolute Gasteiger partial charge is 0.435 e. The molecule has 0 spiro atoms. The fourth-order valence-corrected chi connectivity index (χ4v) is 4.17. The number of aromatic nitrogens is 2. The minimum atomic E-state index is -4.63. The summed E-state index contributed by atoms with van der Waals surface area (Å²) in [5.74, 6) is -2.04. The van der Waals surface area contributed by atoms with E-state index in [1.54, 1.807) is 17.5 Å². The van der Waals surface area contributed by atoms with E-state index in [2.05, 4.69) is 15.2 Å². The van der Waals surface area contributed by atoms with Crippen LogP contribution in [0.1, 0.15) is 36.8 Å². The van der Waals surface area contributed by atoms with E-state index in [-0.39, 0.29) is 28.1 Å². The number of methoxy groups -OCH3 is 2. The first kappa shape index (κ1) is 25.6. The SMILES string of the molecule is COC(=O)c1ccc(C(=O)OC)c(NC(=O)c2ccc(-n3nc(C(F)(F)F)cc3-c3cccs3)cc2)c1. The second-order valence-corrected chi connectivity index (χ2v) is 8.49. The van der Waals surface area contributed by atoms with Crippen molar-refractivity contribution in [1.29, 1.82) is 0 Å². The van der Waals surface area contributed by atoms with Crippen LogP contribution < -0.4 is 5.32 Å². The molecule has 0 aliphatic heterocycles. The van der Waals surface area contributed by atoms with Gasteiger partial charge in [0.25, 0.3) is 5.91 Å². The molecule has 2 heterocycles. The van der Waals surface area contributed by atoms with Crippen LogP contribution in [-0.2, 0) is 15.7 Å². The first-order valence-corrected chi connectivity index (χ1v) is 11.4. The van der Waals surface area contributed by atoms with Crippen molar-refractivity contribution in [3.05, 3.63) is 88.4 Å². The highest BCUT2D eigenvalue weighted by Crippen LogP contribution is 2.34. The third kappa shape index (κ3) is 5.38. The van der Waals surface area contributed by atoms with E-state index in [1.165, 1.54) is 68.0 Å². The second-order valence-electron chi connectivity index (χ2n) is 7.55. The number of nitrogens with one attached hydrogen (secondary N) is 1. The fourth-order valence-electron chi connectivity index (χ4n) is 3.45. The molecule has 190 valence electrons. The number of ether oxygens (including phenoxy) is 2. The molecule has 4 rings (SSSR count). The van der Waals surface area contributed by atoms with Crippen molar-refractivity contribution in [2.45, 2.75) is 6.18 Å². The van der Waals surface area contributed by atoms with Crippen molar-refractivity contribution >= 4 is 34.9 Å². The Morgan fingerprint density at radius 1 is 0.919 bits per heavy atom. The molecular formula is C25H18F3N3O5S. The standard InChI is InChI=1S/C25H18F3N3O5S/c1-35-23(33)15-7-10-17(24(34)36-2)18(12-15)29-22(32)14-5-8-16(9-6-14)31-19(20-4-3-11-37-20)13-21(30-31)25(26,27)28/h3-13H,1-2H3,(H,29,32). The Bertz CT molecular complexity index is 1460. The lowest BCUT2D eigenvalue weighted by Gasteiger charge is -2.12. The molecule has 2 aromatic heterocycles. The van der Waals surface area contributed by atoms with Crippen molar-refractivity contribution in [2.24, 2.45) is 0 Å². The average molecular weight is 529 g/mol. The van der Waals surface area contributed by atoms with Crippen molar-refractivity contribution in [3.63, 3.8) is 0 Å². The van der Waals surface area contributed by atoms with Crippen LogP contribution in [0.3, 0.4) is 0 Å². The van der Waals surface area contributed by atoms with Gasteiger partial charge in [0, 0.05) is 5.56 Å². The van der Waals surface area contributed by atoms with Gasteiger partial charge < -0.3 is 14.8 Å². The van der Waals surface area contributed by atoms with Gasteiger partial charge in [-0.25, -0.2) is 14.3 Å². The van der Waals surface area contributed by atoms with Crippen LogP contribution in [0.15, 0.2) is 66.0 Å². The second kappa shape index (κ2) is 10.3. The zero-order chi connectivity index (χ0) is 26.7. The summed E-state index contributed by atoms with van der Waals surface area (Å²) in [6.07, 6.45) is -4.63. The van der Waals surface area contributed by atoms with E-state index in [0.29, 0.717) is 10.6 Å². The number of carbonyl (C=O) groups is 3. The lowest BCUT2D eigenvalue weighted by molar-refractivity contribution is -0.141.